The van der Waals surface area contributed by atoms with Crippen molar-refractivity contribution in [1.82, 2.24) is 4.98 Å². The zero-order chi connectivity index (χ0) is 11.4. The molecule has 0 radical (unpaired) electrons. The predicted molar refractivity (Wildman–Crippen MR) is 66.0 cm³/mol. The SMILES string of the molecule is Cc1ccnc(NC(C)C(C)CO)c1Br. The topological polar surface area (TPSA) is 45.2 Å². The van der Waals surface area contributed by atoms with Gasteiger partial charge in [0.25, 0.3) is 0 Å². The number of aryl methyl sites for hydroxylation is 1. The summed E-state index contributed by atoms with van der Waals surface area (Å²) in [6.07, 6.45) is 1.78. The standard InChI is InChI=1S/C11H17BrN2O/c1-7-4-5-13-11(10(7)12)14-9(3)8(2)6-15/h4-5,8-9,15H,6H2,1-3H3,(H,13,14). The Labute approximate surface area is 99.1 Å². The highest BCUT2D eigenvalue weighted by atomic mass is 79.9. The number of rotatable bonds is 4. The van der Waals surface area contributed by atoms with Gasteiger partial charge in [-0.1, -0.05) is 6.92 Å². The Kier molecular flexibility index (Phi) is 4.54. The highest BCUT2D eigenvalue weighted by Gasteiger charge is 2.13. The minimum Gasteiger partial charge on any atom is -0.396 e. The second kappa shape index (κ2) is 5.47. The van der Waals surface area contributed by atoms with Gasteiger partial charge in [-0.2, -0.15) is 0 Å². The van der Waals surface area contributed by atoms with Gasteiger partial charge < -0.3 is 10.4 Å². The highest BCUT2D eigenvalue weighted by molar-refractivity contribution is 9.10. The maximum atomic E-state index is 9.03. The van der Waals surface area contributed by atoms with Gasteiger partial charge >= 0.3 is 0 Å². The quantitative estimate of drug-likeness (QED) is 0.886. The van der Waals surface area contributed by atoms with Gasteiger partial charge in [0.1, 0.15) is 5.82 Å². The molecule has 0 aliphatic heterocycles. The molecule has 4 heteroatoms. The van der Waals surface area contributed by atoms with Crippen LogP contribution >= 0.6 is 15.9 Å². The predicted octanol–water partition coefficient (Wildman–Crippen LogP) is 2.58. The van der Waals surface area contributed by atoms with Crippen LogP contribution in [-0.2, 0) is 0 Å². The Balaban J connectivity index is 2.76. The smallest absolute Gasteiger partial charge is 0.140 e. The summed E-state index contributed by atoms with van der Waals surface area (Å²) in [7, 11) is 0. The molecule has 0 spiro atoms. The summed E-state index contributed by atoms with van der Waals surface area (Å²) in [4.78, 5) is 4.26. The van der Waals surface area contributed by atoms with Crippen LogP contribution in [0.2, 0.25) is 0 Å². The highest BCUT2D eigenvalue weighted by Crippen LogP contribution is 2.24. The van der Waals surface area contributed by atoms with Gasteiger partial charge in [-0.25, -0.2) is 4.98 Å². The molecule has 0 aromatic carbocycles. The van der Waals surface area contributed by atoms with Crippen LogP contribution in [-0.4, -0.2) is 22.7 Å². The van der Waals surface area contributed by atoms with E-state index in [4.69, 9.17) is 5.11 Å². The fourth-order valence-corrected chi connectivity index (χ4v) is 1.51. The average molecular weight is 273 g/mol. The molecule has 2 unspecified atom stereocenters. The maximum Gasteiger partial charge on any atom is 0.140 e. The third-order valence-corrected chi connectivity index (χ3v) is 3.59. The van der Waals surface area contributed by atoms with Gasteiger partial charge in [0.2, 0.25) is 0 Å². The third-order valence-electron chi connectivity index (χ3n) is 2.59. The number of nitrogens with zero attached hydrogens (tertiary/aromatic N) is 1. The molecule has 3 nitrogen and oxygen atoms in total. The van der Waals surface area contributed by atoms with E-state index in [0.717, 1.165) is 15.9 Å². The molecule has 2 N–H and O–H groups in total. The normalized spacial score (nSPS) is 14.7. The van der Waals surface area contributed by atoms with Gasteiger partial charge in [-0.05, 0) is 47.3 Å². The summed E-state index contributed by atoms with van der Waals surface area (Å²) in [6.45, 7) is 6.24. The van der Waals surface area contributed by atoms with Crippen LogP contribution in [0, 0.1) is 12.8 Å². The van der Waals surface area contributed by atoms with Crippen molar-refractivity contribution in [2.75, 3.05) is 11.9 Å². The summed E-state index contributed by atoms with van der Waals surface area (Å²) in [6, 6.07) is 2.15. The van der Waals surface area contributed by atoms with Crippen LogP contribution in [0.4, 0.5) is 5.82 Å². The molecular weight excluding hydrogens is 256 g/mol. The summed E-state index contributed by atoms with van der Waals surface area (Å²) < 4.78 is 0.988. The second-order valence-corrected chi connectivity index (χ2v) is 4.68. The summed E-state index contributed by atoms with van der Waals surface area (Å²) in [5.74, 6) is 1.04. The number of hydrogen-bond acceptors (Lipinski definition) is 3. The molecule has 0 bridgehead atoms. The van der Waals surface area contributed by atoms with Crippen LogP contribution in [0.15, 0.2) is 16.7 Å². The van der Waals surface area contributed by atoms with Gasteiger partial charge in [-0.15, -0.1) is 0 Å². The Morgan fingerprint density at radius 1 is 1.53 bits per heavy atom. The lowest BCUT2D eigenvalue weighted by atomic mass is 10.1. The number of halogens is 1. The lowest BCUT2D eigenvalue weighted by Gasteiger charge is -2.20. The van der Waals surface area contributed by atoms with E-state index in [-0.39, 0.29) is 18.6 Å². The Bertz CT molecular complexity index is 330. The molecule has 84 valence electrons. The molecule has 1 rings (SSSR count). The molecular formula is C11H17BrN2O. The fraction of sp³-hybridized carbons (Fsp3) is 0.545. The Morgan fingerprint density at radius 2 is 2.20 bits per heavy atom. The molecule has 0 saturated heterocycles. The Morgan fingerprint density at radius 3 is 2.80 bits per heavy atom. The molecule has 1 aromatic heterocycles. The number of anilines is 1. The van der Waals surface area contributed by atoms with Crippen LogP contribution in [0.1, 0.15) is 19.4 Å². The van der Waals surface area contributed by atoms with Crippen LogP contribution < -0.4 is 5.32 Å². The summed E-state index contributed by atoms with van der Waals surface area (Å²) >= 11 is 3.49. The first-order valence-electron chi connectivity index (χ1n) is 5.04. The van der Waals surface area contributed by atoms with Crippen LogP contribution in [0.3, 0.4) is 0 Å². The van der Waals surface area contributed by atoms with Crippen molar-refractivity contribution in [3.05, 3.63) is 22.3 Å². The minimum atomic E-state index is 0.178. The third kappa shape index (κ3) is 3.18. The number of nitrogens with one attached hydrogen (secondary N) is 1. The van der Waals surface area contributed by atoms with Gasteiger partial charge in [0.05, 0.1) is 4.47 Å². The van der Waals surface area contributed by atoms with Crippen molar-refractivity contribution in [3.63, 3.8) is 0 Å². The van der Waals surface area contributed by atoms with Crippen molar-refractivity contribution in [2.24, 2.45) is 5.92 Å². The zero-order valence-corrected chi connectivity index (χ0v) is 10.9. The van der Waals surface area contributed by atoms with E-state index in [1.807, 2.05) is 26.8 Å². The molecule has 15 heavy (non-hydrogen) atoms. The van der Waals surface area contributed by atoms with Crippen LogP contribution in [0.25, 0.3) is 0 Å². The van der Waals surface area contributed by atoms with Gasteiger partial charge in [-0.3, -0.25) is 0 Å². The molecule has 2 atom stereocenters. The molecule has 0 saturated carbocycles. The minimum absolute atomic E-state index is 0.178. The second-order valence-electron chi connectivity index (χ2n) is 3.88. The summed E-state index contributed by atoms with van der Waals surface area (Å²) in [5, 5.41) is 12.3. The van der Waals surface area contributed by atoms with E-state index in [2.05, 4.69) is 26.2 Å². The van der Waals surface area contributed by atoms with Crippen molar-refractivity contribution in [2.45, 2.75) is 26.8 Å². The van der Waals surface area contributed by atoms with E-state index in [0.29, 0.717) is 0 Å². The zero-order valence-electron chi connectivity index (χ0n) is 9.29. The van der Waals surface area contributed by atoms with Crippen molar-refractivity contribution < 1.29 is 5.11 Å². The number of aromatic nitrogens is 1. The lowest BCUT2D eigenvalue weighted by molar-refractivity contribution is 0.226. The van der Waals surface area contributed by atoms with E-state index in [1.165, 1.54) is 0 Å². The first kappa shape index (κ1) is 12.5. The molecule has 0 fully saturated rings. The lowest BCUT2D eigenvalue weighted by Crippen LogP contribution is -2.26. The maximum absolute atomic E-state index is 9.03. The number of pyridine rings is 1. The van der Waals surface area contributed by atoms with Crippen molar-refractivity contribution in [3.8, 4) is 0 Å². The molecule has 0 aliphatic carbocycles. The average Bonchev–Trinajstić information content (AvgIpc) is 2.23. The van der Waals surface area contributed by atoms with Crippen molar-refractivity contribution >= 4 is 21.7 Å². The first-order valence-corrected chi connectivity index (χ1v) is 5.84. The van der Waals surface area contributed by atoms with E-state index >= 15 is 0 Å². The Hall–Kier alpha value is -0.610. The number of aliphatic hydroxyl groups excluding tert-OH is 1. The van der Waals surface area contributed by atoms with E-state index < -0.39 is 0 Å². The van der Waals surface area contributed by atoms with Crippen molar-refractivity contribution in [1.29, 1.82) is 0 Å². The fourth-order valence-electron chi connectivity index (χ4n) is 1.16. The number of aliphatic hydroxyl groups is 1. The molecule has 1 aromatic rings. The largest absolute Gasteiger partial charge is 0.396 e. The summed E-state index contributed by atoms with van der Waals surface area (Å²) in [5.41, 5.74) is 1.15. The molecule has 1 heterocycles. The monoisotopic (exact) mass is 272 g/mol. The van der Waals surface area contributed by atoms with Crippen LogP contribution in [0.5, 0.6) is 0 Å². The van der Waals surface area contributed by atoms with E-state index in [1.54, 1.807) is 6.20 Å². The van der Waals surface area contributed by atoms with Gasteiger partial charge in [0, 0.05) is 18.8 Å². The number of hydrogen-bond donors (Lipinski definition) is 2. The van der Waals surface area contributed by atoms with Gasteiger partial charge in [0.15, 0.2) is 0 Å². The molecule has 0 amide bonds. The van der Waals surface area contributed by atoms with E-state index in [9.17, 15) is 0 Å². The molecule has 0 aliphatic rings. The first-order chi connectivity index (χ1) is 7.06.